The summed E-state index contributed by atoms with van der Waals surface area (Å²) in [4.78, 5) is 4.15. The zero-order valence-electron chi connectivity index (χ0n) is 13.7. The molecular weight excluding hydrogens is 320 g/mol. The molecule has 0 saturated heterocycles. The van der Waals surface area contributed by atoms with Crippen LogP contribution in [0.2, 0.25) is 0 Å². The third-order valence-electron chi connectivity index (χ3n) is 4.46. The fourth-order valence-electron chi connectivity index (χ4n) is 3.18. The van der Waals surface area contributed by atoms with Crippen LogP contribution in [0.25, 0.3) is 22.4 Å². The van der Waals surface area contributed by atoms with Gasteiger partial charge in [0.25, 0.3) is 0 Å². The lowest BCUT2D eigenvalue weighted by molar-refractivity contribution is 0.477. The van der Waals surface area contributed by atoms with Crippen molar-refractivity contribution < 1.29 is 0 Å². The molecule has 0 spiro atoms. The van der Waals surface area contributed by atoms with E-state index in [4.69, 9.17) is 5.10 Å². The fraction of sp³-hybridized carbons (Fsp3) is 0.263. The van der Waals surface area contributed by atoms with E-state index in [9.17, 15) is 0 Å². The molecule has 0 unspecified atom stereocenters. The van der Waals surface area contributed by atoms with Crippen LogP contribution in [0, 0.1) is 0 Å². The number of aryl methyl sites for hydroxylation is 1. The van der Waals surface area contributed by atoms with Gasteiger partial charge in [0.15, 0.2) is 0 Å². The molecule has 124 valence electrons. The Balaban J connectivity index is 0.00000169. The van der Waals surface area contributed by atoms with Gasteiger partial charge < -0.3 is 5.32 Å². The summed E-state index contributed by atoms with van der Waals surface area (Å²) in [6, 6.07) is 12.9. The second-order valence-electron chi connectivity index (χ2n) is 5.86. The molecule has 4 rings (SSSR count). The maximum atomic E-state index is 4.91. The van der Waals surface area contributed by atoms with Gasteiger partial charge in [0.2, 0.25) is 0 Å². The Morgan fingerprint density at radius 3 is 2.50 bits per heavy atom. The monoisotopic (exact) mass is 340 g/mol. The molecule has 0 aliphatic carbocycles. The van der Waals surface area contributed by atoms with E-state index >= 15 is 0 Å². The lowest BCUT2D eigenvalue weighted by Crippen LogP contribution is -2.28. The summed E-state index contributed by atoms with van der Waals surface area (Å²) in [6.07, 6.45) is 4.75. The molecule has 4 nitrogen and oxygen atoms in total. The summed E-state index contributed by atoms with van der Waals surface area (Å²) >= 11 is 0. The quantitative estimate of drug-likeness (QED) is 0.790. The highest BCUT2D eigenvalue weighted by Crippen LogP contribution is 2.35. The summed E-state index contributed by atoms with van der Waals surface area (Å²) < 4.78 is 2.15. The summed E-state index contributed by atoms with van der Waals surface area (Å²) in [7, 11) is 0. The number of fused-ring (bicyclic) bond motifs is 1. The van der Waals surface area contributed by atoms with Gasteiger partial charge in [-0.25, -0.2) is 0 Å². The van der Waals surface area contributed by atoms with E-state index in [1.54, 1.807) is 0 Å². The molecule has 5 heteroatoms. The highest BCUT2D eigenvalue weighted by Gasteiger charge is 2.22. The maximum Gasteiger partial charge on any atom is 0.100 e. The Bertz CT molecular complexity index is 809. The van der Waals surface area contributed by atoms with Gasteiger partial charge in [-0.2, -0.15) is 5.10 Å². The van der Waals surface area contributed by atoms with E-state index in [0.29, 0.717) is 0 Å². The SMILES string of the molecule is CCc1ccc(-c2nn3c(c2-c2ccncc2)CNCC3)cc1.Cl. The summed E-state index contributed by atoms with van der Waals surface area (Å²) in [5, 5.41) is 8.37. The number of hydrogen-bond donors (Lipinski definition) is 1. The van der Waals surface area contributed by atoms with Crippen molar-refractivity contribution in [1.82, 2.24) is 20.1 Å². The standard InChI is InChI=1S/C19H20N4.ClH/c1-2-14-3-5-16(6-4-14)19-18(15-7-9-20-10-8-15)17-13-21-11-12-23(17)22-19;/h3-10,21H,2,11-13H2,1H3;1H. The third-order valence-corrected chi connectivity index (χ3v) is 4.46. The summed E-state index contributed by atoms with van der Waals surface area (Å²) in [6.45, 7) is 4.93. The van der Waals surface area contributed by atoms with Crippen LogP contribution in [0.4, 0.5) is 0 Å². The van der Waals surface area contributed by atoms with Crippen LogP contribution >= 0.6 is 12.4 Å². The molecule has 1 aliphatic heterocycles. The van der Waals surface area contributed by atoms with Gasteiger partial charge in [0.05, 0.1) is 12.2 Å². The summed E-state index contributed by atoms with van der Waals surface area (Å²) in [5.74, 6) is 0. The molecule has 0 amide bonds. The number of nitrogens with one attached hydrogen (secondary N) is 1. The number of benzene rings is 1. The first kappa shape index (κ1) is 16.7. The number of pyridine rings is 1. The molecule has 1 N–H and O–H groups in total. The van der Waals surface area contributed by atoms with Gasteiger partial charge in [-0.15, -0.1) is 12.4 Å². The Morgan fingerprint density at radius 2 is 1.79 bits per heavy atom. The highest BCUT2D eigenvalue weighted by molar-refractivity contribution is 5.85. The zero-order valence-corrected chi connectivity index (χ0v) is 14.5. The minimum absolute atomic E-state index is 0. The van der Waals surface area contributed by atoms with Gasteiger partial charge >= 0.3 is 0 Å². The van der Waals surface area contributed by atoms with Gasteiger partial charge in [-0.05, 0) is 29.7 Å². The molecule has 0 atom stereocenters. The third kappa shape index (κ3) is 2.95. The van der Waals surface area contributed by atoms with Crippen LogP contribution < -0.4 is 5.32 Å². The second-order valence-corrected chi connectivity index (χ2v) is 5.86. The average Bonchev–Trinajstić information content (AvgIpc) is 3.02. The average molecular weight is 341 g/mol. The minimum atomic E-state index is 0. The zero-order chi connectivity index (χ0) is 15.6. The number of halogens is 1. The molecule has 2 aromatic heterocycles. The van der Waals surface area contributed by atoms with Crippen LogP contribution in [0.5, 0.6) is 0 Å². The van der Waals surface area contributed by atoms with Crippen LogP contribution in [0.3, 0.4) is 0 Å². The lowest BCUT2D eigenvalue weighted by Gasteiger charge is -2.16. The summed E-state index contributed by atoms with van der Waals surface area (Å²) in [5.41, 5.74) is 7.26. The predicted molar refractivity (Wildman–Crippen MR) is 99.2 cm³/mol. The van der Waals surface area contributed by atoms with Gasteiger partial charge in [0.1, 0.15) is 5.69 Å². The van der Waals surface area contributed by atoms with Crippen LogP contribution in [-0.4, -0.2) is 21.3 Å². The Morgan fingerprint density at radius 1 is 1.04 bits per heavy atom. The smallest absolute Gasteiger partial charge is 0.100 e. The first-order valence-electron chi connectivity index (χ1n) is 8.17. The molecule has 0 radical (unpaired) electrons. The van der Waals surface area contributed by atoms with E-state index in [1.807, 2.05) is 12.4 Å². The lowest BCUT2D eigenvalue weighted by atomic mass is 9.98. The largest absolute Gasteiger partial charge is 0.309 e. The maximum absolute atomic E-state index is 4.91. The molecule has 0 saturated carbocycles. The van der Waals surface area contributed by atoms with Crippen molar-refractivity contribution in [3.63, 3.8) is 0 Å². The minimum Gasteiger partial charge on any atom is -0.309 e. The van der Waals surface area contributed by atoms with E-state index in [2.05, 4.69) is 58.3 Å². The van der Waals surface area contributed by atoms with Crippen molar-refractivity contribution in [2.24, 2.45) is 0 Å². The van der Waals surface area contributed by atoms with Crippen LogP contribution in [-0.2, 0) is 19.5 Å². The molecule has 3 heterocycles. The van der Waals surface area contributed by atoms with E-state index in [1.165, 1.54) is 27.9 Å². The van der Waals surface area contributed by atoms with Crippen molar-refractivity contribution in [3.8, 4) is 22.4 Å². The van der Waals surface area contributed by atoms with Crippen molar-refractivity contribution in [2.45, 2.75) is 26.4 Å². The molecular formula is C19H21ClN4. The molecule has 24 heavy (non-hydrogen) atoms. The topological polar surface area (TPSA) is 42.7 Å². The molecule has 0 fully saturated rings. The Labute approximate surface area is 148 Å². The van der Waals surface area contributed by atoms with Crippen molar-refractivity contribution in [2.75, 3.05) is 6.54 Å². The Hall–Kier alpha value is -2.17. The van der Waals surface area contributed by atoms with Crippen molar-refractivity contribution >= 4 is 12.4 Å². The van der Waals surface area contributed by atoms with Gasteiger partial charge in [-0.1, -0.05) is 31.2 Å². The molecule has 0 bridgehead atoms. The fourth-order valence-corrected chi connectivity index (χ4v) is 3.18. The number of rotatable bonds is 3. The van der Waals surface area contributed by atoms with Gasteiger partial charge in [-0.3, -0.25) is 9.67 Å². The Kier molecular flexibility index (Phi) is 4.97. The molecule has 1 aromatic carbocycles. The highest BCUT2D eigenvalue weighted by atomic mass is 35.5. The van der Waals surface area contributed by atoms with E-state index in [0.717, 1.165) is 31.7 Å². The van der Waals surface area contributed by atoms with E-state index < -0.39 is 0 Å². The molecule has 1 aliphatic rings. The van der Waals surface area contributed by atoms with Crippen LogP contribution in [0.15, 0.2) is 48.8 Å². The molecule has 3 aromatic rings. The van der Waals surface area contributed by atoms with Crippen molar-refractivity contribution in [3.05, 3.63) is 60.0 Å². The first-order valence-corrected chi connectivity index (χ1v) is 8.17. The second kappa shape index (κ2) is 7.16. The van der Waals surface area contributed by atoms with Crippen LogP contribution in [0.1, 0.15) is 18.2 Å². The number of nitrogens with zero attached hydrogens (tertiary/aromatic N) is 3. The normalized spacial score (nSPS) is 13.2. The predicted octanol–water partition coefficient (Wildman–Crippen LogP) is 3.70. The van der Waals surface area contributed by atoms with E-state index in [-0.39, 0.29) is 12.4 Å². The van der Waals surface area contributed by atoms with Crippen molar-refractivity contribution in [1.29, 1.82) is 0 Å². The first-order chi connectivity index (χ1) is 11.4. The van der Waals surface area contributed by atoms with Gasteiger partial charge in [0, 0.05) is 36.6 Å². The number of hydrogen-bond acceptors (Lipinski definition) is 3. The number of aromatic nitrogens is 3.